The van der Waals surface area contributed by atoms with E-state index in [9.17, 15) is 8.60 Å². The Morgan fingerprint density at radius 1 is 1.17 bits per heavy atom. The molecule has 1 aliphatic heterocycles. The van der Waals surface area contributed by atoms with Crippen LogP contribution in [-0.4, -0.2) is 21.1 Å². The predicted octanol–water partition coefficient (Wildman–Crippen LogP) is 4.22. The van der Waals surface area contributed by atoms with Crippen molar-refractivity contribution in [2.24, 2.45) is 11.4 Å². The van der Waals surface area contributed by atoms with E-state index in [1.54, 1.807) is 12.1 Å². The van der Waals surface area contributed by atoms with Crippen LogP contribution in [0, 0.1) is 5.82 Å². The van der Waals surface area contributed by atoms with Gasteiger partial charge < -0.3 is 4.57 Å². The molecule has 1 aliphatic rings. The van der Waals surface area contributed by atoms with Gasteiger partial charge in [0.25, 0.3) is 0 Å². The summed E-state index contributed by atoms with van der Waals surface area (Å²) in [4.78, 5) is 0.636. The van der Waals surface area contributed by atoms with Crippen molar-refractivity contribution in [1.82, 2.24) is 4.57 Å². The fourth-order valence-electron chi connectivity index (χ4n) is 3.18. The lowest BCUT2D eigenvalue weighted by molar-refractivity contribution is 0.628. The smallest absolute Gasteiger partial charge is 0.132 e. The molecule has 0 aliphatic carbocycles. The number of aryl methyl sites for hydroxylation is 1. The molecule has 2 heterocycles. The molecule has 1 atom stereocenters. The molecule has 4 rings (SSSR count). The van der Waals surface area contributed by atoms with E-state index < -0.39 is 9.73 Å². The molecule has 1 unspecified atom stereocenters. The SMILES string of the molecule is Cn1c(-c2cc(S3(=O)=NCCC3)ccc2F)cc2ccccc21. The van der Waals surface area contributed by atoms with E-state index >= 15 is 0 Å². The molecule has 0 amide bonds. The fraction of sp³-hybridized carbons (Fsp3) is 0.222. The van der Waals surface area contributed by atoms with Crippen LogP contribution in [0.15, 0.2) is 57.8 Å². The molecule has 0 bridgehead atoms. The van der Waals surface area contributed by atoms with Crippen LogP contribution in [0.2, 0.25) is 0 Å². The zero-order chi connectivity index (χ0) is 16.0. The van der Waals surface area contributed by atoms with Crippen molar-refractivity contribution in [2.75, 3.05) is 12.3 Å². The number of rotatable bonds is 2. The number of fused-ring (bicyclic) bond motifs is 1. The van der Waals surface area contributed by atoms with Crippen molar-refractivity contribution in [3.63, 3.8) is 0 Å². The fourth-order valence-corrected chi connectivity index (χ4v) is 5.22. The summed E-state index contributed by atoms with van der Waals surface area (Å²) >= 11 is 0. The number of para-hydroxylation sites is 1. The van der Waals surface area contributed by atoms with E-state index in [2.05, 4.69) is 4.36 Å². The lowest BCUT2D eigenvalue weighted by Gasteiger charge is -2.10. The number of aromatic nitrogens is 1. The summed E-state index contributed by atoms with van der Waals surface area (Å²) in [6, 6.07) is 14.6. The van der Waals surface area contributed by atoms with E-state index in [1.807, 2.05) is 41.9 Å². The molecule has 0 spiro atoms. The van der Waals surface area contributed by atoms with Gasteiger partial charge in [-0.25, -0.2) is 13.0 Å². The number of hydrogen-bond acceptors (Lipinski definition) is 2. The third-order valence-electron chi connectivity index (χ3n) is 4.41. The van der Waals surface area contributed by atoms with Crippen molar-refractivity contribution >= 4 is 20.6 Å². The van der Waals surface area contributed by atoms with Gasteiger partial charge in [-0.1, -0.05) is 18.2 Å². The van der Waals surface area contributed by atoms with Crippen LogP contribution in [0.25, 0.3) is 22.2 Å². The van der Waals surface area contributed by atoms with E-state index in [0.717, 1.165) is 23.0 Å². The van der Waals surface area contributed by atoms with Gasteiger partial charge >= 0.3 is 0 Å². The lowest BCUT2D eigenvalue weighted by Crippen LogP contribution is -2.03. The third kappa shape index (κ3) is 2.27. The second-order valence-corrected chi connectivity index (χ2v) is 8.26. The average molecular weight is 328 g/mol. The number of benzene rings is 2. The maximum absolute atomic E-state index is 14.4. The van der Waals surface area contributed by atoms with Crippen LogP contribution in [0.3, 0.4) is 0 Å². The molecule has 0 N–H and O–H groups in total. The van der Waals surface area contributed by atoms with Gasteiger partial charge in [-0.15, -0.1) is 0 Å². The molecular weight excluding hydrogens is 311 g/mol. The summed E-state index contributed by atoms with van der Waals surface area (Å²) in [7, 11) is -0.453. The quantitative estimate of drug-likeness (QED) is 0.694. The summed E-state index contributed by atoms with van der Waals surface area (Å²) in [5, 5.41) is 1.06. The number of hydrogen-bond donors (Lipinski definition) is 0. The Kier molecular flexibility index (Phi) is 3.27. The molecule has 118 valence electrons. The van der Waals surface area contributed by atoms with Crippen molar-refractivity contribution < 1.29 is 8.60 Å². The first-order valence-corrected chi connectivity index (χ1v) is 9.32. The molecule has 0 radical (unpaired) electrons. The zero-order valence-electron chi connectivity index (χ0n) is 12.8. The lowest BCUT2D eigenvalue weighted by atomic mass is 10.1. The van der Waals surface area contributed by atoms with Crippen LogP contribution in [0.4, 0.5) is 4.39 Å². The minimum atomic E-state index is -2.37. The van der Waals surface area contributed by atoms with Gasteiger partial charge in [-0.05, 0) is 36.8 Å². The average Bonchev–Trinajstić information content (AvgIpc) is 3.14. The summed E-state index contributed by atoms with van der Waals surface area (Å²) in [6.07, 6.45) is 0.833. The molecule has 0 fully saturated rings. The maximum atomic E-state index is 14.4. The third-order valence-corrected chi connectivity index (χ3v) is 6.84. The van der Waals surface area contributed by atoms with Crippen molar-refractivity contribution in [3.05, 3.63) is 54.3 Å². The minimum Gasteiger partial charge on any atom is -0.344 e. The largest absolute Gasteiger partial charge is 0.344 e. The highest BCUT2D eigenvalue weighted by molar-refractivity contribution is 7.93. The Hall–Kier alpha value is -2.14. The normalized spacial score (nSPS) is 20.8. The second kappa shape index (κ2) is 5.20. The molecular formula is C18H17FN2OS. The van der Waals surface area contributed by atoms with E-state index in [4.69, 9.17) is 0 Å². The van der Waals surface area contributed by atoms with Crippen molar-refractivity contribution in [1.29, 1.82) is 0 Å². The Morgan fingerprint density at radius 3 is 2.74 bits per heavy atom. The molecule has 1 aromatic heterocycles. The van der Waals surface area contributed by atoms with E-state index in [0.29, 0.717) is 22.8 Å². The highest BCUT2D eigenvalue weighted by atomic mass is 32.2. The second-order valence-electron chi connectivity index (χ2n) is 5.84. The zero-order valence-corrected chi connectivity index (χ0v) is 13.6. The Morgan fingerprint density at radius 2 is 2.00 bits per heavy atom. The van der Waals surface area contributed by atoms with Gasteiger partial charge in [-0.2, -0.15) is 0 Å². The minimum absolute atomic E-state index is 0.305. The van der Waals surface area contributed by atoms with Gasteiger partial charge in [0, 0.05) is 40.7 Å². The van der Waals surface area contributed by atoms with E-state index in [-0.39, 0.29) is 5.82 Å². The summed E-state index contributed by atoms with van der Waals surface area (Å²) in [6.45, 7) is 0.625. The van der Waals surface area contributed by atoms with Gasteiger partial charge in [0.15, 0.2) is 0 Å². The number of nitrogens with zero attached hydrogens (tertiary/aromatic N) is 2. The van der Waals surface area contributed by atoms with Crippen LogP contribution < -0.4 is 0 Å². The Labute approximate surface area is 134 Å². The van der Waals surface area contributed by atoms with Crippen molar-refractivity contribution in [3.8, 4) is 11.3 Å². The highest BCUT2D eigenvalue weighted by Crippen LogP contribution is 2.32. The molecule has 3 aromatic rings. The molecule has 23 heavy (non-hydrogen) atoms. The molecule has 0 saturated carbocycles. The Balaban J connectivity index is 1.94. The summed E-state index contributed by atoms with van der Waals surface area (Å²) in [5.41, 5.74) is 2.31. The Bertz CT molecular complexity index is 1030. The monoisotopic (exact) mass is 328 g/mol. The molecule has 2 aromatic carbocycles. The molecule has 3 nitrogen and oxygen atoms in total. The standard InChI is InChI=1S/C18H17FN2OS/c1-21-17-6-3-2-5-13(17)11-18(21)15-12-14(7-8-16(15)19)23(22)10-4-9-20-23/h2-3,5-8,11-12H,4,9-10H2,1H3. The van der Waals surface area contributed by atoms with Gasteiger partial charge in [0.1, 0.15) is 5.82 Å². The molecule has 0 saturated heterocycles. The van der Waals surface area contributed by atoms with Crippen LogP contribution in [-0.2, 0) is 16.8 Å². The topological polar surface area (TPSA) is 34.4 Å². The molecule has 5 heteroatoms. The summed E-state index contributed by atoms with van der Waals surface area (Å²) in [5.74, 6) is 0.258. The number of halogens is 1. The van der Waals surface area contributed by atoms with Gasteiger partial charge in [0.05, 0.1) is 15.4 Å². The van der Waals surface area contributed by atoms with Crippen molar-refractivity contribution in [2.45, 2.75) is 11.3 Å². The highest BCUT2D eigenvalue weighted by Gasteiger charge is 2.20. The van der Waals surface area contributed by atoms with E-state index in [1.165, 1.54) is 6.07 Å². The van der Waals surface area contributed by atoms with Gasteiger partial charge in [-0.3, -0.25) is 0 Å². The maximum Gasteiger partial charge on any atom is 0.132 e. The van der Waals surface area contributed by atoms with Crippen LogP contribution >= 0.6 is 0 Å². The van der Waals surface area contributed by atoms with Crippen LogP contribution in [0.5, 0.6) is 0 Å². The first-order valence-electron chi connectivity index (χ1n) is 7.63. The first kappa shape index (κ1) is 14.5. The summed E-state index contributed by atoms with van der Waals surface area (Å²) < 4.78 is 33.5. The predicted molar refractivity (Wildman–Crippen MR) is 91.5 cm³/mol. The first-order chi connectivity index (χ1) is 11.1. The van der Waals surface area contributed by atoms with Crippen LogP contribution in [0.1, 0.15) is 6.42 Å². The van der Waals surface area contributed by atoms with Gasteiger partial charge in [0.2, 0.25) is 0 Å².